The van der Waals surface area contributed by atoms with Crippen LogP contribution < -0.4 is 14.8 Å². The Kier molecular flexibility index (Phi) is 12.5. The first kappa shape index (κ1) is 47.0. The van der Waals surface area contributed by atoms with E-state index in [9.17, 15) is 24.0 Å². The Hall–Kier alpha value is -6.71. The number of amides is 4. The first-order chi connectivity index (χ1) is 33.6. The second-order valence-electron chi connectivity index (χ2n) is 20.0. The van der Waals surface area contributed by atoms with Gasteiger partial charge in [0.25, 0.3) is 11.8 Å². The molecule has 16 heteroatoms. The van der Waals surface area contributed by atoms with E-state index in [0.29, 0.717) is 73.2 Å². The van der Waals surface area contributed by atoms with Gasteiger partial charge in [-0.05, 0) is 95.5 Å². The lowest BCUT2D eigenvalue weighted by atomic mass is 9.98. The number of benzene rings is 4. The Morgan fingerprint density at radius 2 is 1.64 bits per heavy atom. The molecule has 70 heavy (non-hydrogen) atoms. The van der Waals surface area contributed by atoms with Crippen molar-refractivity contribution < 1.29 is 38.2 Å². The summed E-state index contributed by atoms with van der Waals surface area (Å²) >= 11 is 7.24. The molecule has 15 nitrogen and oxygen atoms in total. The monoisotopic (exact) mass is 967 g/mol. The van der Waals surface area contributed by atoms with Crippen LogP contribution in [0.15, 0.2) is 72.8 Å². The third-order valence-corrected chi connectivity index (χ3v) is 14.7. The van der Waals surface area contributed by atoms with E-state index in [1.165, 1.54) is 4.90 Å². The van der Waals surface area contributed by atoms with Gasteiger partial charge in [0, 0.05) is 90.5 Å². The van der Waals surface area contributed by atoms with E-state index in [-0.39, 0.29) is 55.8 Å². The third kappa shape index (κ3) is 8.67. The van der Waals surface area contributed by atoms with E-state index in [4.69, 9.17) is 30.9 Å². The van der Waals surface area contributed by atoms with Crippen LogP contribution in [0.2, 0.25) is 5.02 Å². The van der Waals surface area contributed by atoms with E-state index < -0.39 is 23.5 Å². The zero-order valence-corrected chi connectivity index (χ0v) is 41.2. The summed E-state index contributed by atoms with van der Waals surface area (Å²) in [5, 5.41) is 10.7. The number of imide groups is 1. The number of aromatic nitrogens is 3. The Balaban J connectivity index is 0.888. The fraction of sp³-hybridized carbons (Fsp3) is 0.407. The fourth-order valence-electron chi connectivity index (χ4n) is 11.1. The van der Waals surface area contributed by atoms with Gasteiger partial charge in [0.2, 0.25) is 11.8 Å². The number of hydrogen-bond acceptors (Lipinski definition) is 10. The minimum Gasteiger partial charge on any atom is -0.493 e. The van der Waals surface area contributed by atoms with Crippen LogP contribution in [0.4, 0.5) is 0 Å². The normalized spacial score (nSPS) is 19.1. The van der Waals surface area contributed by atoms with Gasteiger partial charge in [0.05, 0.1) is 29.4 Å². The van der Waals surface area contributed by atoms with Crippen LogP contribution in [0.3, 0.4) is 0 Å². The van der Waals surface area contributed by atoms with Gasteiger partial charge in [0.15, 0.2) is 6.61 Å². The van der Waals surface area contributed by atoms with Gasteiger partial charge in [-0.1, -0.05) is 60.1 Å². The lowest BCUT2D eigenvalue weighted by molar-refractivity contribution is -0.137. The van der Waals surface area contributed by atoms with Crippen LogP contribution in [0.25, 0.3) is 32.8 Å². The minimum absolute atomic E-state index is 0.0260. The van der Waals surface area contributed by atoms with E-state index >= 15 is 0 Å². The number of hydrogen-bond donors (Lipinski definition) is 1. The van der Waals surface area contributed by atoms with Gasteiger partial charge >= 0.3 is 5.97 Å². The smallest absolute Gasteiger partial charge is 0.355 e. The second kappa shape index (κ2) is 18.6. The Morgan fingerprint density at radius 3 is 2.39 bits per heavy atom. The SMILES string of the molecule is Cc1nn(C)c(C)c1-c1c(Cl)ccc2c(CCCOc3cccc4ccccc34)c(C(=O)OC(C)(C)C)n(CCN3C[C@@H]4C[C@H]3CN4C(=O)COc3cccc4c3CN(C3CCC(=O)NC3=O)C4=O)c12. The predicted molar refractivity (Wildman–Crippen MR) is 265 cm³/mol. The number of nitrogens with one attached hydrogen (secondary N) is 1. The summed E-state index contributed by atoms with van der Waals surface area (Å²) in [7, 11) is 1.92. The average Bonchev–Trinajstić information content (AvgIpc) is 4.13. The zero-order chi connectivity index (χ0) is 49.2. The molecule has 0 spiro atoms. The highest BCUT2D eigenvalue weighted by atomic mass is 35.5. The molecular weight excluding hydrogens is 910 g/mol. The molecule has 4 amide bonds. The third-order valence-electron chi connectivity index (χ3n) is 14.4. The number of ether oxygens (including phenoxy) is 3. The number of aryl methyl sites for hydroxylation is 3. The maximum atomic E-state index is 14.7. The molecule has 3 saturated heterocycles. The van der Waals surface area contributed by atoms with Crippen molar-refractivity contribution in [3.8, 4) is 22.6 Å². The van der Waals surface area contributed by atoms with E-state index in [1.54, 1.807) is 18.2 Å². The van der Waals surface area contributed by atoms with Gasteiger partial charge in [-0.25, -0.2) is 4.79 Å². The van der Waals surface area contributed by atoms with Crippen LogP contribution in [0.1, 0.15) is 89.8 Å². The van der Waals surface area contributed by atoms with Crippen molar-refractivity contribution in [1.29, 1.82) is 0 Å². The number of esters is 1. The topological polar surface area (TPSA) is 158 Å². The lowest BCUT2D eigenvalue weighted by Crippen LogP contribution is -2.52. The summed E-state index contributed by atoms with van der Waals surface area (Å²) in [5.74, 6) is -0.449. The van der Waals surface area contributed by atoms with Gasteiger partial charge < -0.3 is 28.6 Å². The highest BCUT2D eigenvalue weighted by Gasteiger charge is 2.46. The minimum atomic E-state index is -0.758. The number of rotatable bonds is 14. The molecule has 4 aliphatic heterocycles. The van der Waals surface area contributed by atoms with Crippen molar-refractivity contribution in [2.75, 3.05) is 32.8 Å². The van der Waals surface area contributed by atoms with Crippen molar-refractivity contribution in [2.24, 2.45) is 7.05 Å². The maximum Gasteiger partial charge on any atom is 0.355 e. The van der Waals surface area contributed by atoms with Crippen molar-refractivity contribution in [2.45, 2.75) is 104 Å². The Bertz CT molecular complexity index is 3110. The lowest BCUT2D eigenvalue weighted by Gasteiger charge is -2.34. The summed E-state index contributed by atoms with van der Waals surface area (Å²) in [4.78, 5) is 72.2. The van der Waals surface area contributed by atoms with Gasteiger partial charge in [-0.15, -0.1) is 0 Å². The molecule has 6 heterocycles. The van der Waals surface area contributed by atoms with Crippen molar-refractivity contribution in [3.63, 3.8) is 0 Å². The number of piperidine rings is 1. The molecule has 2 bridgehead atoms. The molecule has 6 aromatic rings. The summed E-state index contributed by atoms with van der Waals surface area (Å²) in [6.07, 6.45) is 2.40. The molecule has 3 fully saturated rings. The number of carbonyl (C=O) groups excluding carboxylic acids is 5. The summed E-state index contributed by atoms with van der Waals surface area (Å²) in [6.45, 7) is 12.3. The summed E-state index contributed by atoms with van der Waals surface area (Å²) < 4.78 is 22.7. The molecule has 1 N–H and O–H groups in total. The van der Waals surface area contributed by atoms with E-state index in [2.05, 4.69) is 33.0 Å². The van der Waals surface area contributed by atoms with Gasteiger partial charge in [-0.2, -0.15) is 5.10 Å². The Morgan fingerprint density at radius 1 is 0.871 bits per heavy atom. The van der Waals surface area contributed by atoms with Crippen LogP contribution in [0, 0.1) is 13.8 Å². The summed E-state index contributed by atoms with van der Waals surface area (Å²) in [5.41, 5.74) is 6.04. The quantitative estimate of drug-likeness (QED) is 0.0657. The predicted octanol–water partition coefficient (Wildman–Crippen LogP) is 7.56. The van der Waals surface area contributed by atoms with Crippen LogP contribution in [-0.2, 0) is 45.7 Å². The molecular formula is C54H58ClN7O8. The van der Waals surface area contributed by atoms with Crippen LogP contribution in [-0.4, -0.2) is 115 Å². The number of likely N-dealkylation sites (tertiary alicyclic amines) is 2. The van der Waals surface area contributed by atoms with E-state index in [1.807, 2.05) is 87.6 Å². The number of nitrogens with zero attached hydrogens (tertiary/aromatic N) is 6. The molecule has 4 aliphatic rings. The highest BCUT2D eigenvalue weighted by molar-refractivity contribution is 6.35. The van der Waals surface area contributed by atoms with E-state index in [0.717, 1.165) is 61.9 Å². The molecule has 3 atom stereocenters. The van der Waals surface area contributed by atoms with Crippen LogP contribution in [0.5, 0.6) is 11.5 Å². The second-order valence-corrected chi connectivity index (χ2v) is 20.4. The fourth-order valence-corrected chi connectivity index (χ4v) is 11.4. The van der Waals surface area contributed by atoms with Gasteiger partial charge in [0.1, 0.15) is 28.8 Å². The highest BCUT2D eigenvalue weighted by Crippen LogP contribution is 2.43. The molecule has 0 saturated carbocycles. The maximum absolute atomic E-state index is 14.7. The number of carbonyl (C=O) groups is 5. The standard InChI is InChI=1S/C54H58ClN7O8/c1-31-47(32(2)58(6)57-31)48-41(55)20-19-38-37(16-11-25-68-43-17-9-13-33-12-7-8-14-36(33)43)50(53(67)70-54(3,4)5)60(49(38)48)24-23-59-27-35-26-34(59)28-61(35)46(64)30-69-44-18-10-15-39-40(44)29-62(52(39)66)42-21-22-45(63)56-51(42)65/h7-10,12-15,17-20,34-35,42H,11,16,21-30H2,1-6H3,(H,56,63,65)/t34-,35-,42?/m0/s1. The summed E-state index contributed by atoms with van der Waals surface area (Å²) in [6, 6.07) is 22.6. The molecule has 364 valence electrons. The Labute approximate surface area is 411 Å². The number of piperazine rings is 1. The number of fused-ring (bicyclic) bond motifs is 5. The van der Waals surface area contributed by atoms with Crippen molar-refractivity contribution >= 4 is 62.9 Å². The molecule has 1 unspecified atom stereocenters. The average molecular weight is 969 g/mol. The first-order valence-corrected chi connectivity index (χ1v) is 24.5. The molecule has 0 radical (unpaired) electrons. The molecule has 0 aliphatic carbocycles. The van der Waals surface area contributed by atoms with Crippen molar-refractivity contribution in [1.82, 2.24) is 34.4 Å². The van der Waals surface area contributed by atoms with Gasteiger partial charge in [-0.3, -0.25) is 34.1 Å². The largest absolute Gasteiger partial charge is 0.493 e. The first-order valence-electron chi connectivity index (χ1n) is 24.2. The number of halogens is 1. The molecule has 4 aromatic carbocycles. The molecule has 2 aromatic heterocycles. The van der Waals surface area contributed by atoms with Crippen LogP contribution >= 0.6 is 11.6 Å². The van der Waals surface area contributed by atoms with Crippen molar-refractivity contribution in [3.05, 3.63) is 112 Å². The zero-order valence-electron chi connectivity index (χ0n) is 40.5. The molecule has 10 rings (SSSR count).